The van der Waals surface area contributed by atoms with Gasteiger partial charge in [-0.1, -0.05) is 43.7 Å². The van der Waals surface area contributed by atoms with Gasteiger partial charge in [0.1, 0.15) is 18.1 Å². The number of aryl methyl sites for hydroxylation is 1. The van der Waals surface area contributed by atoms with Gasteiger partial charge in [0.05, 0.1) is 12.0 Å². The number of methoxy groups -OCH3 is 1. The van der Waals surface area contributed by atoms with Crippen molar-refractivity contribution in [3.8, 4) is 11.5 Å². The fourth-order valence-electron chi connectivity index (χ4n) is 3.09. The molecule has 3 rings (SSSR count). The van der Waals surface area contributed by atoms with Gasteiger partial charge in [-0.05, 0) is 71.3 Å². The third-order valence-electron chi connectivity index (χ3n) is 4.79. The molecular formula is C25H25ClO3S. The average Bonchev–Trinajstić information content (AvgIpc) is 3.27. The smallest absolute Gasteiger partial charge is 0.195 e. The maximum atomic E-state index is 12.2. The molecule has 0 unspecified atom stereocenters. The lowest BCUT2D eigenvalue weighted by Gasteiger charge is -2.17. The highest BCUT2D eigenvalue weighted by Crippen LogP contribution is 2.33. The van der Waals surface area contributed by atoms with Crippen molar-refractivity contribution in [2.75, 3.05) is 7.11 Å². The maximum absolute atomic E-state index is 12.2. The van der Waals surface area contributed by atoms with Gasteiger partial charge in [0.25, 0.3) is 0 Å². The first-order valence-electron chi connectivity index (χ1n) is 9.74. The zero-order valence-electron chi connectivity index (χ0n) is 17.6. The van der Waals surface area contributed by atoms with E-state index in [9.17, 15) is 4.79 Å². The number of benzene rings is 2. The monoisotopic (exact) mass is 440 g/mol. The third-order valence-corrected chi connectivity index (χ3v) is 6.08. The van der Waals surface area contributed by atoms with Crippen LogP contribution in [0.25, 0.3) is 6.08 Å². The predicted octanol–water partition coefficient (Wildman–Crippen LogP) is 7.32. The molecule has 0 aliphatic heterocycles. The zero-order valence-corrected chi connectivity index (χ0v) is 19.1. The minimum Gasteiger partial charge on any atom is -0.496 e. The van der Waals surface area contributed by atoms with E-state index >= 15 is 0 Å². The normalized spacial score (nSPS) is 11.3. The second-order valence-electron chi connectivity index (χ2n) is 7.33. The van der Waals surface area contributed by atoms with Crippen molar-refractivity contribution in [3.05, 3.63) is 86.1 Å². The van der Waals surface area contributed by atoms with Gasteiger partial charge < -0.3 is 9.47 Å². The molecule has 30 heavy (non-hydrogen) atoms. The fraction of sp³-hybridized carbons (Fsp3) is 0.240. The lowest BCUT2D eigenvalue weighted by atomic mass is 10.0. The molecule has 0 radical (unpaired) electrons. The highest BCUT2D eigenvalue weighted by molar-refractivity contribution is 7.12. The Morgan fingerprint density at radius 3 is 2.63 bits per heavy atom. The van der Waals surface area contributed by atoms with E-state index in [0.717, 1.165) is 43.7 Å². The molecule has 0 aliphatic carbocycles. The summed E-state index contributed by atoms with van der Waals surface area (Å²) in [6, 6.07) is 13.5. The molecule has 0 saturated carbocycles. The number of ketones is 1. The Bertz CT molecular complexity index is 1050. The molecule has 0 saturated heterocycles. The van der Waals surface area contributed by atoms with E-state index in [1.165, 1.54) is 11.3 Å². The number of allylic oxidation sites excluding steroid dienone is 1. The standard InChI is InChI=1S/C25H25ClO3S/c1-16(2)20-14-21(26)17(3)12-24(20)29-15-19-13-18(8-10-23(19)28-4)7-9-22(27)25-6-5-11-30-25/h5-14,16H,15H2,1-4H3/b9-7+. The number of hydrogen-bond acceptors (Lipinski definition) is 4. The van der Waals surface area contributed by atoms with Gasteiger partial charge in [-0.15, -0.1) is 11.3 Å². The molecule has 5 heteroatoms. The molecule has 0 bridgehead atoms. The van der Waals surface area contributed by atoms with Crippen LogP contribution >= 0.6 is 22.9 Å². The van der Waals surface area contributed by atoms with Gasteiger partial charge in [-0.3, -0.25) is 4.79 Å². The van der Waals surface area contributed by atoms with E-state index in [4.69, 9.17) is 21.1 Å². The number of thiophene rings is 1. The zero-order chi connectivity index (χ0) is 21.7. The minimum absolute atomic E-state index is 0.00293. The molecule has 0 fully saturated rings. The summed E-state index contributed by atoms with van der Waals surface area (Å²) in [4.78, 5) is 12.9. The first kappa shape index (κ1) is 22.1. The van der Waals surface area contributed by atoms with Crippen molar-refractivity contribution in [3.63, 3.8) is 0 Å². The van der Waals surface area contributed by atoms with Crippen LogP contribution in [-0.2, 0) is 6.61 Å². The molecule has 0 atom stereocenters. The Balaban J connectivity index is 1.81. The molecule has 0 spiro atoms. The molecule has 156 valence electrons. The summed E-state index contributed by atoms with van der Waals surface area (Å²) in [5, 5.41) is 2.64. The van der Waals surface area contributed by atoms with Crippen LogP contribution in [0.15, 0.2) is 53.9 Å². The highest BCUT2D eigenvalue weighted by Gasteiger charge is 2.13. The second kappa shape index (κ2) is 9.96. The maximum Gasteiger partial charge on any atom is 0.195 e. The van der Waals surface area contributed by atoms with Crippen LogP contribution in [0.5, 0.6) is 11.5 Å². The Hall–Kier alpha value is -2.56. The molecule has 0 aliphatic rings. The molecule has 1 heterocycles. The topological polar surface area (TPSA) is 35.5 Å². The van der Waals surface area contributed by atoms with Crippen LogP contribution in [0.1, 0.15) is 51.7 Å². The Morgan fingerprint density at radius 1 is 1.17 bits per heavy atom. The Kier molecular flexibility index (Phi) is 7.35. The number of carbonyl (C=O) groups is 1. The Morgan fingerprint density at radius 2 is 1.97 bits per heavy atom. The van der Waals surface area contributed by atoms with Crippen molar-refractivity contribution >= 4 is 34.8 Å². The number of ether oxygens (including phenoxy) is 2. The molecular weight excluding hydrogens is 416 g/mol. The van der Waals surface area contributed by atoms with E-state index < -0.39 is 0 Å². The summed E-state index contributed by atoms with van der Waals surface area (Å²) >= 11 is 7.74. The van der Waals surface area contributed by atoms with Crippen LogP contribution in [0.4, 0.5) is 0 Å². The molecule has 0 N–H and O–H groups in total. The lowest BCUT2D eigenvalue weighted by Crippen LogP contribution is -2.03. The SMILES string of the molecule is COc1ccc(/C=C/C(=O)c2cccs2)cc1COc1cc(C)c(Cl)cc1C(C)C. The van der Waals surface area contributed by atoms with Crippen molar-refractivity contribution in [1.29, 1.82) is 0 Å². The number of carbonyl (C=O) groups excluding carboxylic acids is 1. The number of rotatable bonds is 8. The molecule has 3 aromatic rings. The van der Waals surface area contributed by atoms with Crippen molar-refractivity contribution in [2.45, 2.75) is 33.3 Å². The van der Waals surface area contributed by atoms with E-state index in [0.29, 0.717) is 6.61 Å². The van der Waals surface area contributed by atoms with Gasteiger partial charge in [-0.25, -0.2) is 0 Å². The van der Waals surface area contributed by atoms with E-state index in [2.05, 4.69) is 13.8 Å². The number of halogens is 1. The molecule has 3 nitrogen and oxygen atoms in total. The third kappa shape index (κ3) is 5.32. The summed E-state index contributed by atoms with van der Waals surface area (Å²) in [5.74, 6) is 1.85. The van der Waals surface area contributed by atoms with Crippen LogP contribution < -0.4 is 9.47 Å². The lowest BCUT2D eigenvalue weighted by molar-refractivity contribution is 0.105. The Labute approximate surface area is 186 Å². The van der Waals surface area contributed by atoms with E-state index in [1.54, 1.807) is 13.2 Å². The summed E-state index contributed by atoms with van der Waals surface area (Å²) in [6.45, 7) is 6.55. The molecule has 1 aromatic heterocycles. The first-order chi connectivity index (χ1) is 14.4. The largest absolute Gasteiger partial charge is 0.496 e. The van der Waals surface area contributed by atoms with Gasteiger partial charge in [-0.2, -0.15) is 0 Å². The summed E-state index contributed by atoms with van der Waals surface area (Å²) in [7, 11) is 1.64. The van der Waals surface area contributed by atoms with E-state index in [1.807, 2.05) is 60.8 Å². The van der Waals surface area contributed by atoms with Crippen LogP contribution in [0.2, 0.25) is 5.02 Å². The quantitative estimate of drug-likeness (QED) is 0.272. The van der Waals surface area contributed by atoms with Gasteiger partial charge in [0, 0.05) is 10.6 Å². The number of hydrogen-bond donors (Lipinski definition) is 0. The van der Waals surface area contributed by atoms with Gasteiger partial charge in [0.2, 0.25) is 0 Å². The summed E-state index contributed by atoms with van der Waals surface area (Å²) in [5.41, 5.74) is 3.87. The summed E-state index contributed by atoms with van der Waals surface area (Å²) < 4.78 is 11.7. The second-order valence-corrected chi connectivity index (χ2v) is 8.68. The van der Waals surface area contributed by atoms with Crippen molar-refractivity contribution in [1.82, 2.24) is 0 Å². The minimum atomic E-state index is -0.00293. The fourth-order valence-corrected chi connectivity index (χ4v) is 3.91. The van der Waals surface area contributed by atoms with Crippen molar-refractivity contribution in [2.24, 2.45) is 0 Å². The van der Waals surface area contributed by atoms with Crippen LogP contribution in [-0.4, -0.2) is 12.9 Å². The van der Waals surface area contributed by atoms with Crippen LogP contribution in [0, 0.1) is 6.92 Å². The van der Waals surface area contributed by atoms with Gasteiger partial charge in [0.15, 0.2) is 5.78 Å². The predicted molar refractivity (Wildman–Crippen MR) is 125 cm³/mol. The highest BCUT2D eigenvalue weighted by atomic mass is 35.5. The average molecular weight is 441 g/mol. The van der Waals surface area contributed by atoms with Crippen LogP contribution in [0.3, 0.4) is 0 Å². The molecule has 2 aromatic carbocycles. The van der Waals surface area contributed by atoms with Gasteiger partial charge >= 0.3 is 0 Å². The molecule has 0 amide bonds. The first-order valence-corrected chi connectivity index (χ1v) is 11.0. The summed E-state index contributed by atoms with van der Waals surface area (Å²) in [6.07, 6.45) is 3.41. The van der Waals surface area contributed by atoms with E-state index in [-0.39, 0.29) is 11.7 Å². The van der Waals surface area contributed by atoms with Crippen molar-refractivity contribution < 1.29 is 14.3 Å².